The van der Waals surface area contributed by atoms with Crippen LogP contribution in [0.15, 0.2) is 24.3 Å². The summed E-state index contributed by atoms with van der Waals surface area (Å²) in [6.07, 6.45) is 0. The molecule has 0 aliphatic carbocycles. The molecule has 0 bridgehead atoms. The SMILES string of the molecule is Cc1cccc(NC(=O)CN(C)CCO)c1. The van der Waals surface area contributed by atoms with Crippen LogP contribution in [0.5, 0.6) is 0 Å². The highest BCUT2D eigenvalue weighted by molar-refractivity contribution is 5.92. The minimum absolute atomic E-state index is 0.0637. The van der Waals surface area contributed by atoms with Gasteiger partial charge in [-0.05, 0) is 31.7 Å². The lowest BCUT2D eigenvalue weighted by molar-refractivity contribution is -0.117. The van der Waals surface area contributed by atoms with Gasteiger partial charge in [-0.25, -0.2) is 0 Å². The number of aryl methyl sites for hydroxylation is 1. The first-order chi connectivity index (χ1) is 7.61. The molecule has 4 heteroatoms. The molecule has 1 aromatic rings. The third kappa shape index (κ3) is 4.42. The topological polar surface area (TPSA) is 52.6 Å². The summed E-state index contributed by atoms with van der Waals surface area (Å²) in [4.78, 5) is 13.3. The zero-order valence-electron chi connectivity index (χ0n) is 9.73. The third-order valence-corrected chi connectivity index (χ3v) is 2.20. The number of likely N-dealkylation sites (N-methyl/N-ethyl adjacent to an activating group) is 1. The normalized spacial score (nSPS) is 10.5. The maximum Gasteiger partial charge on any atom is 0.238 e. The lowest BCUT2D eigenvalue weighted by Crippen LogP contribution is -2.32. The van der Waals surface area contributed by atoms with Crippen LogP contribution in [0.2, 0.25) is 0 Å². The zero-order valence-corrected chi connectivity index (χ0v) is 9.73. The van der Waals surface area contributed by atoms with Gasteiger partial charge in [0.15, 0.2) is 0 Å². The first-order valence-corrected chi connectivity index (χ1v) is 5.27. The van der Waals surface area contributed by atoms with E-state index in [4.69, 9.17) is 5.11 Å². The first-order valence-electron chi connectivity index (χ1n) is 5.27. The van der Waals surface area contributed by atoms with Gasteiger partial charge in [0.05, 0.1) is 13.2 Å². The van der Waals surface area contributed by atoms with E-state index in [2.05, 4.69) is 5.32 Å². The Kier molecular flexibility index (Phi) is 4.95. The van der Waals surface area contributed by atoms with Gasteiger partial charge < -0.3 is 10.4 Å². The Morgan fingerprint density at radius 3 is 2.88 bits per heavy atom. The summed E-state index contributed by atoms with van der Waals surface area (Å²) in [5, 5.41) is 11.5. The maximum absolute atomic E-state index is 11.6. The molecule has 0 heterocycles. The van der Waals surface area contributed by atoms with Gasteiger partial charge in [-0.2, -0.15) is 0 Å². The van der Waals surface area contributed by atoms with Crippen LogP contribution < -0.4 is 5.32 Å². The summed E-state index contributed by atoms with van der Waals surface area (Å²) in [5.74, 6) is -0.0680. The standard InChI is InChI=1S/C12H18N2O2/c1-10-4-3-5-11(8-10)13-12(16)9-14(2)6-7-15/h3-5,8,15H,6-7,9H2,1-2H3,(H,13,16). The number of hydrogen-bond acceptors (Lipinski definition) is 3. The number of nitrogens with zero attached hydrogens (tertiary/aromatic N) is 1. The van der Waals surface area contributed by atoms with Gasteiger partial charge in [0, 0.05) is 12.2 Å². The molecule has 0 spiro atoms. The van der Waals surface area contributed by atoms with Crippen LogP contribution in [0, 0.1) is 6.92 Å². The lowest BCUT2D eigenvalue weighted by atomic mass is 10.2. The number of aliphatic hydroxyl groups is 1. The summed E-state index contributed by atoms with van der Waals surface area (Å²) in [7, 11) is 1.80. The number of carbonyl (C=O) groups excluding carboxylic acids is 1. The van der Waals surface area contributed by atoms with E-state index in [-0.39, 0.29) is 19.1 Å². The highest BCUT2D eigenvalue weighted by atomic mass is 16.3. The summed E-state index contributed by atoms with van der Waals surface area (Å²) in [6, 6.07) is 7.66. The fourth-order valence-corrected chi connectivity index (χ4v) is 1.42. The highest BCUT2D eigenvalue weighted by Crippen LogP contribution is 2.09. The van der Waals surface area contributed by atoms with Crippen molar-refractivity contribution < 1.29 is 9.90 Å². The molecule has 0 atom stereocenters. The average Bonchev–Trinajstić information content (AvgIpc) is 2.17. The van der Waals surface area contributed by atoms with Crippen molar-refractivity contribution in [2.45, 2.75) is 6.92 Å². The molecule has 0 aliphatic heterocycles. The fourth-order valence-electron chi connectivity index (χ4n) is 1.42. The highest BCUT2D eigenvalue weighted by Gasteiger charge is 2.05. The quantitative estimate of drug-likeness (QED) is 0.777. The van der Waals surface area contributed by atoms with Crippen LogP contribution in [0.25, 0.3) is 0 Å². The molecule has 0 aromatic heterocycles. The van der Waals surface area contributed by atoms with E-state index in [9.17, 15) is 4.79 Å². The number of aliphatic hydroxyl groups excluding tert-OH is 1. The van der Waals surface area contributed by atoms with Crippen molar-refractivity contribution in [3.05, 3.63) is 29.8 Å². The van der Waals surface area contributed by atoms with Crippen molar-refractivity contribution >= 4 is 11.6 Å². The molecule has 4 nitrogen and oxygen atoms in total. The molecule has 1 rings (SSSR count). The van der Waals surface area contributed by atoms with Crippen LogP contribution in [-0.4, -0.2) is 42.7 Å². The van der Waals surface area contributed by atoms with Crippen LogP contribution in [0.1, 0.15) is 5.56 Å². The Hall–Kier alpha value is -1.39. The number of benzene rings is 1. The number of rotatable bonds is 5. The van der Waals surface area contributed by atoms with Crippen LogP contribution in [-0.2, 0) is 4.79 Å². The van der Waals surface area contributed by atoms with Gasteiger partial charge in [0.2, 0.25) is 5.91 Å². The smallest absolute Gasteiger partial charge is 0.238 e. The van der Waals surface area contributed by atoms with Crippen molar-refractivity contribution in [2.24, 2.45) is 0 Å². The second-order valence-corrected chi connectivity index (χ2v) is 3.88. The van der Waals surface area contributed by atoms with Crippen molar-refractivity contribution in [2.75, 3.05) is 32.1 Å². The Morgan fingerprint density at radius 2 is 2.25 bits per heavy atom. The average molecular weight is 222 g/mol. The van der Waals surface area contributed by atoms with Gasteiger partial charge in [-0.3, -0.25) is 9.69 Å². The molecule has 1 amide bonds. The van der Waals surface area contributed by atoms with E-state index < -0.39 is 0 Å². The van der Waals surface area contributed by atoms with Crippen LogP contribution in [0.4, 0.5) is 5.69 Å². The second-order valence-electron chi connectivity index (χ2n) is 3.88. The number of nitrogens with one attached hydrogen (secondary N) is 1. The van der Waals surface area contributed by atoms with E-state index in [0.29, 0.717) is 6.54 Å². The lowest BCUT2D eigenvalue weighted by Gasteiger charge is -2.14. The predicted octanol–water partition coefficient (Wildman–Crippen LogP) is 0.858. The summed E-state index contributed by atoms with van der Waals surface area (Å²) >= 11 is 0. The molecule has 0 saturated heterocycles. The van der Waals surface area contributed by atoms with E-state index in [1.807, 2.05) is 31.2 Å². The molecule has 0 unspecified atom stereocenters. The monoisotopic (exact) mass is 222 g/mol. The molecule has 1 aromatic carbocycles. The number of hydrogen-bond donors (Lipinski definition) is 2. The third-order valence-electron chi connectivity index (χ3n) is 2.20. The Morgan fingerprint density at radius 1 is 1.50 bits per heavy atom. The van der Waals surface area contributed by atoms with Gasteiger partial charge in [-0.1, -0.05) is 12.1 Å². The summed E-state index contributed by atoms with van der Waals surface area (Å²) < 4.78 is 0. The van der Waals surface area contributed by atoms with Gasteiger partial charge >= 0.3 is 0 Å². The fraction of sp³-hybridized carbons (Fsp3) is 0.417. The molecule has 88 valence electrons. The van der Waals surface area contributed by atoms with E-state index in [0.717, 1.165) is 11.3 Å². The van der Waals surface area contributed by atoms with Crippen LogP contribution >= 0.6 is 0 Å². The van der Waals surface area contributed by atoms with Gasteiger partial charge in [-0.15, -0.1) is 0 Å². The Balaban J connectivity index is 2.45. The van der Waals surface area contributed by atoms with Gasteiger partial charge in [0.1, 0.15) is 0 Å². The molecule has 0 saturated carbocycles. The molecule has 2 N–H and O–H groups in total. The maximum atomic E-state index is 11.6. The summed E-state index contributed by atoms with van der Waals surface area (Å²) in [6.45, 7) is 2.83. The molecule has 0 radical (unpaired) electrons. The predicted molar refractivity (Wildman–Crippen MR) is 64.4 cm³/mol. The Bertz CT molecular complexity index is 353. The number of anilines is 1. The van der Waals surface area contributed by atoms with Crippen molar-refractivity contribution in [1.29, 1.82) is 0 Å². The van der Waals surface area contributed by atoms with E-state index in [1.165, 1.54) is 0 Å². The number of carbonyl (C=O) groups is 1. The molecular formula is C12H18N2O2. The Labute approximate surface area is 95.9 Å². The van der Waals surface area contributed by atoms with Gasteiger partial charge in [0.25, 0.3) is 0 Å². The number of amides is 1. The molecule has 0 fully saturated rings. The zero-order chi connectivity index (χ0) is 12.0. The van der Waals surface area contributed by atoms with Crippen LogP contribution in [0.3, 0.4) is 0 Å². The summed E-state index contributed by atoms with van der Waals surface area (Å²) in [5.41, 5.74) is 1.92. The first kappa shape index (κ1) is 12.7. The van der Waals surface area contributed by atoms with Crippen molar-refractivity contribution in [1.82, 2.24) is 4.90 Å². The minimum Gasteiger partial charge on any atom is -0.395 e. The molecule has 0 aliphatic rings. The van der Waals surface area contributed by atoms with E-state index in [1.54, 1.807) is 11.9 Å². The largest absolute Gasteiger partial charge is 0.395 e. The van der Waals surface area contributed by atoms with Crippen molar-refractivity contribution in [3.63, 3.8) is 0 Å². The second kappa shape index (κ2) is 6.25. The van der Waals surface area contributed by atoms with Crippen molar-refractivity contribution in [3.8, 4) is 0 Å². The minimum atomic E-state index is -0.0680. The van der Waals surface area contributed by atoms with E-state index >= 15 is 0 Å². The molecule has 16 heavy (non-hydrogen) atoms. The molecular weight excluding hydrogens is 204 g/mol.